The molecular formula is C9H10O4. The Balaban J connectivity index is 2.19. The lowest BCUT2D eigenvalue weighted by atomic mass is 9.91. The molecule has 1 aliphatic heterocycles. The molecule has 1 aliphatic carbocycles. The van der Waals surface area contributed by atoms with Gasteiger partial charge in [0.25, 0.3) is 0 Å². The average Bonchev–Trinajstić information content (AvgIpc) is 2.62. The van der Waals surface area contributed by atoms with Gasteiger partial charge in [-0.25, -0.2) is 0 Å². The van der Waals surface area contributed by atoms with Gasteiger partial charge in [0.15, 0.2) is 5.92 Å². The summed E-state index contributed by atoms with van der Waals surface area (Å²) in [6.45, 7) is 0. The van der Waals surface area contributed by atoms with E-state index in [1.54, 1.807) is 0 Å². The topological polar surface area (TPSA) is 52.6 Å². The molecule has 0 unspecified atom stereocenters. The Hall–Kier alpha value is -1.32. The molecule has 1 heterocycles. The third kappa shape index (κ3) is 1.13. The largest absolute Gasteiger partial charge is 0.468 e. The Morgan fingerprint density at radius 1 is 1.69 bits per heavy atom. The van der Waals surface area contributed by atoms with Crippen LogP contribution < -0.4 is 0 Å². The van der Waals surface area contributed by atoms with Crippen molar-refractivity contribution in [3.8, 4) is 0 Å². The molecule has 0 bridgehead atoms. The van der Waals surface area contributed by atoms with E-state index < -0.39 is 17.9 Å². The molecule has 0 aromatic rings. The third-order valence-corrected chi connectivity index (χ3v) is 2.55. The predicted molar refractivity (Wildman–Crippen MR) is 42.6 cm³/mol. The van der Waals surface area contributed by atoms with E-state index in [0.717, 1.165) is 6.42 Å². The first-order valence-corrected chi connectivity index (χ1v) is 4.19. The van der Waals surface area contributed by atoms with Crippen molar-refractivity contribution in [3.05, 3.63) is 12.2 Å². The lowest BCUT2D eigenvalue weighted by Crippen LogP contribution is -2.26. The fourth-order valence-corrected chi connectivity index (χ4v) is 1.88. The first kappa shape index (κ1) is 8.29. The Kier molecular flexibility index (Phi) is 1.83. The molecule has 4 heteroatoms. The highest BCUT2D eigenvalue weighted by molar-refractivity contribution is 5.97. The fraction of sp³-hybridized carbons (Fsp3) is 0.556. The minimum Gasteiger partial charge on any atom is -0.468 e. The lowest BCUT2D eigenvalue weighted by molar-refractivity contribution is -0.155. The van der Waals surface area contributed by atoms with Crippen LogP contribution in [0.25, 0.3) is 0 Å². The van der Waals surface area contributed by atoms with Crippen molar-refractivity contribution in [2.24, 2.45) is 11.8 Å². The van der Waals surface area contributed by atoms with Crippen molar-refractivity contribution in [3.63, 3.8) is 0 Å². The van der Waals surface area contributed by atoms with Crippen LogP contribution in [0, 0.1) is 11.8 Å². The molecule has 13 heavy (non-hydrogen) atoms. The molecule has 0 aromatic carbocycles. The van der Waals surface area contributed by atoms with Gasteiger partial charge < -0.3 is 9.47 Å². The quantitative estimate of drug-likeness (QED) is 0.332. The number of hydrogen-bond acceptors (Lipinski definition) is 4. The fourth-order valence-electron chi connectivity index (χ4n) is 1.88. The molecule has 0 spiro atoms. The molecule has 0 radical (unpaired) electrons. The second kappa shape index (κ2) is 2.87. The van der Waals surface area contributed by atoms with E-state index in [1.807, 2.05) is 12.2 Å². The second-order valence-corrected chi connectivity index (χ2v) is 3.23. The normalized spacial score (nSPS) is 35.8. The SMILES string of the molecule is COC(=O)[C@@H]1C(=O)O[C@H]2C=CC[C@@H]12. The van der Waals surface area contributed by atoms with Gasteiger partial charge >= 0.3 is 11.9 Å². The lowest BCUT2D eigenvalue weighted by Gasteiger charge is -2.10. The summed E-state index contributed by atoms with van der Waals surface area (Å²) in [6, 6.07) is 0. The Labute approximate surface area is 75.5 Å². The molecule has 1 saturated heterocycles. The van der Waals surface area contributed by atoms with Gasteiger partial charge in [0, 0.05) is 5.92 Å². The van der Waals surface area contributed by atoms with Gasteiger partial charge in [0.2, 0.25) is 0 Å². The second-order valence-electron chi connectivity index (χ2n) is 3.23. The van der Waals surface area contributed by atoms with Gasteiger partial charge in [0.1, 0.15) is 6.10 Å². The van der Waals surface area contributed by atoms with Gasteiger partial charge in [0.05, 0.1) is 7.11 Å². The molecule has 0 N–H and O–H groups in total. The van der Waals surface area contributed by atoms with Crippen molar-refractivity contribution in [2.75, 3.05) is 7.11 Å². The van der Waals surface area contributed by atoms with Gasteiger partial charge in [-0.2, -0.15) is 0 Å². The zero-order valence-corrected chi connectivity index (χ0v) is 7.23. The van der Waals surface area contributed by atoms with Crippen LogP contribution in [0.3, 0.4) is 0 Å². The highest BCUT2D eigenvalue weighted by Crippen LogP contribution is 2.36. The summed E-state index contributed by atoms with van der Waals surface area (Å²) in [5, 5.41) is 0. The Morgan fingerprint density at radius 2 is 2.46 bits per heavy atom. The number of carbonyl (C=O) groups is 2. The third-order valence-electron chi connectivity index (χ3n) is 2.55. The van der Waals surface area contributed by atoms with E-state index >= 15 is 0 Å². The van der Waals surface area contributed by atoms with Crippen LogP contribution in [0.2, 0.25) is 0 Å². The number of ether oxygens (including phenoxy) is 2. The molecule has 0 saturated carbocycles. The van der Waals surface area contributed by atoms with Crippen molar-refractivity contribution in [1.29, 1.82) is 0 Å². The van der Waals surface area contributed by atoms with E-state index in [1.165, 1.54) is 7.11 Å². The number of allylic oxidation sites excluding steroid dienone is 1. The molecular weight excluding hydrogens is 172 g/mol. The van der Waals surface area contributed by atoms with Crippen LogP contribution in [-0.2, 0) is 19.1 Å². The highest BCUT2D eigenvalue weighted by atomic mass is 16.6. The van der Waals surface area contributed by atoms with Gasteiger partial charge in [-0.1, -0.05) is 6.08 Å². The summed E-state index contributed by atoms with van der Waals surface area (Å²) in [5.41, 5.74) is 0. The van der Waals surface area contributed by atoms with Crippen molar-refractivity contribution < 1.29 is 19.1 Å². The van der Waals surface area contributed by atoms with E-state index in [4.69, 9.17) is 4.74 Å². The van der Waals surface area contributed by atoms with E-state index in [0.29, 0.717) is 0 Å². The maximum atomic E-state index is 11.2. The van der Waals surface area contributed by atoms with Crippen LogP contribution in [0.15, 0.2) is 12.2 Å². The molecule has 4 nitrogen and oxygen atoms in total. The monoisotopic (exact) mass is 182 g/mol. The highest BCUT2D eigenvalue weighted by Gasteiger charge is 2.49. The average molecular weight is 182 g/mol. The molecule has 3 atom stereocenters. The van der Waals surface area contributed by atoms with Crippen LogP contribution in [-0.4, -0.2) is 25.2 Å². The minimum absolute atomic E-state index is 0.0417. The van der Waals surface area contributed by atoms with Crippen LogP contribution in [0.1, 0.15) is 6.42 Å². The summed E-state index contributed by atoms with van der Waals surface area (Å²) in [6.07, 6.45) is 4.26. The zero-order valence-electron chi connectivity index (χ0n) is 7.23. The maximum absolute atomic E-state index is 11.2. The number of fused-ring (bicyclic) bond motifs is 1. The van der Waals surface area contributed by atoms with Crippen LogP contribution in [0.4, 0.5) is 0 Å². The number of rotatable bonds is 1. The molecule has 0 amide bonds. The summed E-state index contributed by atoms with van der Waals surface area (Å²) < 4.78 is 9.54. The van der Waals surface area contributed by atoms with Crippen molar-refractivity contribution >= 4 is 11.9 Å². The first-order chi connectivity index (χ1) is 6.24. The molecule has 0 aromatic heterocycles. The molecule has 1 fully saturated rings. The minimum atomic E-state index is -0.718. The van der Waals surface area contributed by atoms with E-state index in [-0.39, 0.29) is 12.0 Å². The molecule has 70 valence electrons. The van der Waals surface area contributed by atoms with E-state index in [9.17, 15) is 9.59 Å². The smallest absolute Gasteiger partial charge is 0.321 e. The molecule has 2 rings (SSSR count). The summed E-state index contributed by atoms with van der Waals surface area (Å²) in [7, 11) is 1.28. The number of carbonyl (C=O) groups excluding carboxylic acids is 2. The Bertz CT molecular complexity index is 281. The zero-order chi connectivity index (χ0) is 9.42. The predicted octanol–water partition coefficient (Wildman–Crippen LogP) is 0.277. The Morgan fingerprint density at radius 3 is 3.15 bits per heavy atom. The summed E-state index contributed by atoms with van der Waals surface area (Å²) in [5.74, 6) is -1.70. The van der Waals surface area contributed by atoms with Crippen LogP contribution in [0.5, 0.6) is 0 Å². The van der Waals surface area contributed by atoms with Crippen molar-refractivity contribution in [2.45, 2.75) is 12.5 Å². The standard InChI is InChI=1S/C9H10O4/c1-12-8(10)7-5-3-2-4-6(5)13-9(7)11/h2,4-7H,3H2,1H3/t5-,6+,7-/m1/s1. The van der Waals surface area contributed by atoms with Gasteiger partial charge in [-0.15, -0.1) is 0 Å². The van der Waals surface area contributed by atoms with Crippen molar-refractivity contribution in [1.82, 2.24) is 0 Å². The number of hydrogen-bond donors (Lipinski definition) is 0. The summed E-state index contributed by atoms with van der Waals surface area (Å²) in [4.78, 5) is 22.4. The number of methoxy groups -OCH3 is 1. The van der Waals surface area contributed by atoms with Crippen LogP contribution >= 0.6 is 0 Å². The molecule has 2 aliphatic rings. The number of esters is 2. The maximum Gasteiger partial charge on any atom is 0.321 e. The first-order valence-electron chi connectivity index (χ1n) is 4.19. The van der Waals surface area contributed by atoms with Gasteiger partial charge in [-0.3, -0.25) is 9.59 Å². The summed E-state index contributed by atoms with van der Waals surface area (Å²) >= 11 is 0. The van der Waals surface area contributed by atoms with Gasteiger partial charge in [-0.05, 0) is 12.5 Å². The van der Waals surface area contributed by atoms with E-state index in [2.05, 4.69) is 4.74 Å².